The number of alkyl halides is 3. The number of carbonyl (C=O) groups is 1. The van der Waals surface area contributed by atoms with Crippen molar-refractivity contribution in [3.05, 3.63) is 77.4 Å². The lowest BCUT2D eigenvalue weighted by molar-refractivity contribution is -0.137. The van der Waals surface area contributed by atoms with Gasteiger partial charge in [-0.05, 0) is 49.2 Å². The van der Waals surface area contributed by atoms with Gasteiger partial charge in [0, 0.05) is 50.6 Å². The highest BCUT2D eigenvalue weighted by atomic mass is 19.4. The molecule has 10 heteroatoms. The van der Waals surface area contributed by atoms with E-state index in [1.165, 1.54) is 16.7 Å². The topological polar surface area (TPSA) is 64.6 Å². The van der Waals surface area contributed by atoms with Gasteiger partial charge >= 0.3 is 6.18 Å². The summed E-state index contributed by atoms with van der Waals surface area (Å²) in [5, 5.41) is 2.29. The maximum atomic E-state index is 12.9. The van der Waals surface area contributed by atoms with Crippen LogP contribution in [-0.4, -0.2) is 61.0 Å². The third kappa shape index (κ3) is 6.80. The highest BCUT2D eigenvalue weighted by Gasteiger charge is 2.32. The number of aryl methyl sites for hydroxylation is 1. The smallest absolute Gasteiger partial charge is 0.369 e. The van der Waals surface area contributed by atoms with Gasteiger partial charge in [-0.2, -0.15) is 13.2 Å². The van der Waals surface area contributed by atoms with Crippen LogP contribution in [0.4, 0.5) is 30.2 Å². The van der Waals surface area contributed by atoms with Crippen LogP contribution < -0.4 is 15.1 Å². The third-order valence-electron chi connectivity index (χ3n) is 6.94. The van der Waals surface area contributed by atoms with Crippen molar-refractivity contribution in [1.82, 2.24) is 14.9 Å². The lowest BCUT2D eigenvalue weighted by atomic mass is 9.90. The predicted molar refractivity (Wildman–Crippen MR) is 144 cm³/mol. The highest BCUT2D eigenvalue weighted by Crippen LogP contribution is 2.35. The molecule has 1 amide bonds. The van der Waals surface area contributed by atoms with Crippen molar-refractivity contribution in [3.8, 4) is 0 Å². The van der Waals surface area contributed by atoms with Gasteiger partial charge in [0.05, 0.1) is 23.6 Å². The van der Waals surface area contributed by atoms with Crippen molar-refractivity contribution in [2.75, 3.05) is 54.9 Å². The fraction of sp³-hybridized carbons (Fsp3) is 0.393. The average molecular weight is 527 g/mol. The second-order valence-electron chi connectivity index (χ2n) is 9.90. The van der Waals surface area contributed by atoms with E-state index in [1.54, 1.807) is 12.4 Å². The SMILES string of the molecule is CN1CCN(c2cc(NC=O)cc(C(F)(F)F)c2)CC1.Cc1ccc2c(c1)CN(c1cncnc1)CC2C. The minimum absolute atomic E-state index is 0.156. The second kappa shape index (κ2) is 11.8. The quantitative estimate of drug-likeness (QED) is 0.487. The summed E-state index contributed by atoms with van der Waals surface area (Å²) in [6.07, 6.45) is 1.31. The monoisotopic (exact) mass is 526 g/mol. The molecule has 5 rings (SSSR count). The molecule has 3 aromatic rings. The summed E-state index contributed by atoms with van der Waals surface area (Å²) in [6.45, 7) is 9.34. The summed E-state index contributed by atoms with van der Waals surface area (Å²) in [7, 11) is 1.98. The Kier molecular flexibility index (Phi) is 8.51. The Morgan fingerprint density at radius 2 is 1.68 bits per heavy atom. The average Bonchev–Trinajstić information content (AvgIpc) is 2.89. The molecular formula is C28H33F3N6O. The van der Waals surface area contributed by atoms with Crippen molar-refractivity contribution in [2.24, 2.45) is 0 Å². The minimum atomic E-state index is -4.43. The number of benzene rings is 2. The zero-order valence-electron chi connectivity index (χ0n) is 21.9. The van der Waals surface area contributed by atoms with Gasteiger partial charge in [0.1, 0.15) is 6.33 Å². The van der Waals surface area contributed by atoms with E-state index < -0.39 is 11.7 Å². The Labute approximate surface area is 221 Å². The van der Waals surface area contributed by atoms with E-state index in [0.717, 1.165) is 44.0 Å². The number of carbonyl (C=O) groups excluding carboxylic acids is 1. The summed E-state index contributed by atoms with van der Waals surface area (Å²) < 4.78 is 38.6. The first kappa shape index (κ1) is 27.4. The lowest BCUT2D eigenvalue weighted by Gasteiger charge is -2.34. The van der Waals surface area contributed by atoms with E-state index in [4.69, 9.17) is 0 Å². The number of hydrogen-bond acceptors (Lipinski definition) is 6. The number of piperazine rings is 1. The van der Waals surface area contributed by atoms with Crippen molar-refractivity contribution in [2.45, 2.75) is 32.5 Å². The molecule has 0 radical (unpaired) electrons. The van der Waals surface area contributed by atoms with Crippen LogP contribution in [0.25, 0.3) is 0 Å². The molecule has 202 valence electrons. The second-order valence-corrected chi connectivity index (χ2v) is 9.90. The van der Waals surface area contributed by atoms with Gasteiger partial charge in [0.25, 0.3) is 0 Å². The molecule has 2 aliphatic rings. The molecule has 1 atom stereocenters. The molecule has 2 aromatic carbocycles. The number of aromatic nitrogens is 2. The van der Waals surface area contributed by atoms with Gasteiger partial charge < -0.3 is 20.0 Å². The first-order valence-corrected chi connectivity index (χ1v) is 12.6. The summed E-state index contributed by atoms with van der Waals surface area (Å²) in [4.78, 5) is 25.0. The van der Waals surface area contributed by atoms with E-state index in [1.807, 2.05) is 24.3 Å². The van der Waals surface area contributed by atoms with E-state index >= 15 is 0 Å². The number of fused-ring (bicyclic) bond motifs is 1. The maximum absolute atomic E-state index is 12.9. The van der Waals surface area contributed by atoms with E-state index in [2.05, 4.69) is 57.1 Å². The molecular weight excluding hydrogens is 493 g/mol. The van der Waals surface area contributed by atoms with E-state index in [-0.39, 0.29) is 5.69 Å². The standard InChI is InChI=1S/C15H17N3.C13H16F3N3O/c1-11-3-4-15-12(2)8-18(9-13(15)5-11)14-6-16-10-17-7-14;1-18-2-4-19(5-3-18)12-7-10(13(14,15)16)6-11(8-12)17-9-20/h3-7,10,12H,8-9H2,1-2H3;6-9H,2-5H2,1H3,(H,17,20). The van der Waals surface area contributed by atoms with E-state index in [9.17, 15) is 18.0 Å². The number of hydrogen-bond donors (Lipinski definition) is 1. The Morgan fingerprint density at radius 3 is 2.34 bits per heavy atom. The summed E-state index contributed by atoms with van der Waals surface area (Å²) in [6, 6.07) is 10.4. The van der Waals surface area contributed by atoms with Gasteiger partial charge in [0.15, 0.2) is 0 Å². The van der Waals surface area contributed by atoms with Crippen molar-refractivity contribution in [3.63, 3.8) is 0 Å². The molecule has 2 aliphatic heterocycles. The third-order valence-corrected chi connectivity index (χ3v) is 6.94. The maximum Gasteiger partial charge on any atom is 0.416 e. The van der Waals surface area contributed by atoms with E-state index in [0.29, 0.717) is 31.1 Å². The molecule has 1 unspecified atom stereocenters. The van der Waals surface area contributed by atoms with Gasteiger partial charge in [0.2, 0.25) is 6.41 Å². The molecule has 3 heterocycles. The van der Waals surface area contributed by atoms with Crippen molar-refractivity contribution in [1.29, 1.82) is 0 Å². The number of halogens is 3. The zero-order chi connectivity index (χ0) is 27.3. The van der Waals surface area contributed by atoms with Gasteiger partial charge in [-0.25, -0.2) is 9.97 Å². The van der Waals surface area contributed by atoms with Crippen LogP contribution in [-0.2, 0) is 17.5 Å². The molecule has 1 N–H and O–H groups in total. The molecule has 0 spiro atoms. The van der Waals surface area contributed by atoms with Gasteiger partial charge in [-0.3, -0.25) is 4.79 Å². The summed E-state index contributed by atoms with van der Waals surface area (Å²) in [5.41, 5.74) is 5.23. The Morgan fingerprint density at radius 1 is 0.974 bits per heavy atom. The van der Waals surface area contributed by atoms with Crippen LogP contribution in [0, 0.1) is 6.92 Å². The molecule has 0 saturated carbocycles. The van der Waals surface area contributed by atoms with Crippen LogP contribution in [0.15, 0.2) is 55.1 Å². The fourth-order valence-corrected chi connectivity index (χ4v) is 4.88. The Balaban J connectivity index is 0.000000178. The van der Waals surface area contributed by atoms with Gasteiger partial charge in [-0.15, -0.1) is 0 Å². The highest BCUT2D eigenvalue weighted by molar-refractivity contribution is 5.74. The predicted octanol–water partition coefficient (Wildman–Crippen LogP) is 4.93. The molecule has 7 nitrogen and oxygen atoms in total. The largest absolute Gasteiger partial charge is 0.416 e. The lowest BCUT2D eigenvalue weighted by Crippen LogP contribution is -2.44. The number of amides is 1. The van der Waals surface area contributed by atoms with Crippen LogP contribution in [0.3, 0.4) is 0 Å². The minimum Gasteiger partial charge on any atom is -0.369 e. The number of nitrogens with zero attached hydrogens (tertiary/aromatic N) is 5. The summed E-state index contributed by atoms with van der Waals surface area (Å²) >= 11 is 0. The van der Waals surface area contributed by atoms with Crippen LogP contribution in [0.2, 0.25) is 0 Å². The molecule has 1 aromatic heterocycles. The Bertz CT molecular complexity index is 1230. The molecule has 0 aliphatic carbocycles. The molecule has 38 heavy (non-hydrogen) atoms. The Hall–Kier alpha value is -3.66. The first-order chi connectivity index (χ1) is 18.1. The van der Waals surface area contributed by atoms with Crippen LogP contribution in [0.5, 0.6) is 0 Å². The van der Waals surface area contributed by atoms with Gasteiger partial charge in [-0.1, -0.05) is 30.7 Å². The molecule has 0 bridgehead atoms. The van der Waals surface area contributed by atoms with Crippen molar-refractivity contribution < 1.29 is 18.0 Å². The molecule has 1 saturated heterocycles. The normalized spacial score (nSPS) is 17.8. The van der Waals surface area contributed by atoms with Crippen molar-refractivity contribution >= 4 is 23.5 Å². The number of anilines is 3. The summed E-state index contributed by atoms with van der Waals surface area (Å²) in [5.74, 6) is 0.551. The first-order valence-electron chi connectivity index (χ1n) is 12.6. The number of nitrogens with one attached hydrogen (secondary N) is 1. The van der Waals surface area contributed by atoms with Crippen LogP contribution >= 0.6 is 0 Å². The number of rotatable bonds is 4. The zero-order valence-corrected chi connectivity index (χ0v) is 21.9. The number of likely N-dealkylation sites (N-methyl/N-ethyl adjacent to an activating group) is 1. The fourth-order valence-electron chi connectivity index (χ4n) is 4.88. The molecule has 1 fully saturated rings. The van der Waals surface area contributed by atoms with Crippen LogP contribution in [0.1, 0.15) is 35.1 Å².